The fourth-order valence-corrected chi connectivity index (χ4v) is 1.75. The molecule has 0 aromatic heterocycles. The largest absolute Gasteiger partial charge is 0.389 e. The molecular formula is C11H14F3NS. The van der Waals surface area contributed by atoms with Crippen LogP contribution in [0.3, 0.4) is 0 Å². The van der Waals surface area contributed by atoms with E-state index in [4.69, 9.17) is 5.73 Å². The van der Waals surface area contributed by atoms with Crippen molar-refractivity contribution in [2.45, 2.75) is 30.0 Å². The molecule has 1 rings (SSSR count). The van der Waals surface area contributed by atoms with E-state index in [2.05, 4.69) is 0 Å². The minimum atomic E-state index is -4.13. The molecule has 0 radical (unpaired) electrons. The summed E-state index contributed by atoms with van der Waals surface area (Å²) in [5.41, 5.74) is 6.44. The van der Waals surface area contributed by atoms with Gasteiger partial charge in [0.25, 0.3) is 0 Å². The molecule has 0 aliphatic carbocycles. The monoisotopic (exact) mass is 249 g/mol. The highest BCUT2D eigenvalue weighted by Gasteiger charge is 2.27. The molecule has 1 nitrogen and oxygen atoms in total. The van der Waals surface area contributed by atoms with E-state index in [0.717, 1.165) is 10.5 Å². The Morgan fingerprint density at radius 2 is 1.81 bits per heavy atom. The summed E-state index contributed by atoms with van der Waals surface area (Å²) in [4.78, 5) is 1.08. The molecule has 1 atom stereocenters. The standard InChI is InChI=1S/C11H14F3NS/c1-16-9-4-2-8(3-5-9)10(15)6-7-11(12,13)14/h2-5,10H,6-7,15H2,1H3/t10-/m0/s1. The normalized spacial score (nSPS) is 13.8. The zero-order valence-corrected chi connectivity index (χ0v) is 9.74. The second kappa shape index (κ2) is 5.59. The summed E-state index contributed by atoms with van der Waals surface area (Å²) in [7, 11) is 0. The van der Waals surface area contributed by atoms with Crippen molar-refractivity contribution >= 4 is 11.8 Å². The van der Waals surface area contributed by atoms with E-state index in [1.54, 1.807) is 23.9 Å². The fourth-order valence-electron chi connectivity index (χ4n) is 1.34. The second-order valence-electron chi connectivity index (χ2n) is 3.53. The van der Waals surface area contributed by atoms with Gasteiger partial charge in [0.05, 0.1) is 0 Å². The van der Waals surface area contributed by atoms with Crippen LogP contribution in [0.1, 0.15) is 24.4 Å². The summed E-state index contributed by atoms with van der Waals surface area (Å²) >= 11 is 1.59. The molecule has 0 heterocycles. The van der Waals surface area contributed by atoms with Crippen molar-refractivity contribution in [1.29, 1.82) is 0 Å². The van der Waals surface area contributed by atoms with Crippen molar-refractivity contribution in [2.75, 3.05) is 6.26 Å². The molecule has 0 fully saturated rings. The van der Waals surface area contributed by atoms with Crippen molar-refractivity contribution in [3.8, 4) is 0 Å². The summed E-state index contributed by atoms with van der Waals surface area (Å²) in [6, 6.07) is 6.76. The SMILES string of the molecule is CSc1ccc([C@@H](N)CCC(F)(F)F)cc1. The van der Waals surface area contributed by atoms with E-state index in [9.17, 15) is 13.2 Å². The third kappa shape index (κ3) is 4.45. The average Bonchev–Trinajstić information content (AvgIpc) is 2.25. The summed E-state index contributed by atoms with van der Waals surface area (Å²) < 4.78 is 36.0. The zero-order valence-electron chi connectivity index (χ0n) is 8.92. The molecule has 1 aromatic rings. The van der Waals surface area contributed by atoms with E-state index in [1.807, 2.05) is 18.4 Å². The second-order valence-corrected chi connectivity index (χ2v) is 4.41. The predicted octanol–water partition coefficient (Wildman–Crippen LogP) is 3.75. The number of hydrogen-bond acceptors (Lipinski definition) is 2. The maximum atomic E-state index is 12.0. The van der Waals surface area contributed by atoms with Crippen LogP contribution in [-0.2, 0) is 0 Å². The number of alkyl halides is 3. The lowest BCUT2D eigenvalue weighted by Gasteiger charge is -2.13. The number of nitrogens with two attached hydrogens (primary N) is 1. The van der Waals surface area contributed by atoms with Gasteiger partial charge >= 0.3 is 6.18 Å². The van der Waals surface area contributed by atoms with Gasteiger partial charge in [0.1, 0.15) is 0 Å². The fraction of sp³-hybridized carbons (Fsp3) is 0.455. The van der Waals surface area contributed by atoms with Crippen molar-refractivity contribution < 1.29 is 13.2 Å². The lowest BCUT2D eigenvalue weighted by atomic mass is 10.0. The molecule has 0 spiro atoms. The molecule has 0 aliphatic heterocycles. The highest BCUT2D eigenvalue weighted by atomic mass is 32.2. The van der Waals surface area contributed by atoms with Crippen LogP contribution < -0.4 is 5.73 Å². The Balaban J connectivity index is 2.56. The lowest BCUT2D eigenvalue weighted by Crippen LogP contribution is -2.15. The van der Waals surface area contributed by atoms with E-state index in [-0.39, 0.29) is 6.42 Å². The van der Waals surface area contributed by atoms with Crippen LogP contribution in [0.25, 0.3) is 0 Å². The molecule has 0 amide bonds. The van der Waals surface area contributed by atoms with E-state index in [0.29, 0.717) is 0 Å². The van der Waals surface area contributed by atoms with Gasteiger partial charge in [-0.2, -0.15) is 13.2 Å². The Labute approximate surface area is 97.2 Å². The molecule has 16 heavy (non-hydrogen) atoms. The van der Waals surface area contributed by atoms with Gasteiger partial charge in [-0.25, -0.2) is 0 Å². The van der Waals surface area contributed by atoms with E-state index >= 15 is 0 Å². The Morgan fingerprint density at radius 3 is 2.25 bits per heavy atom. The summed E-state index contributed by atoms with van der Waals surface area (Å²) in [5, 5.41) is 0. The molecular weight excluding hydrogens is 235 g/mol. The lowest BCUT2D eigenvalue weighted by molar-refractivity contribution is -0.136. The van der Waals surface area contributed by atoms with Crippen LogP contribution in [0.15, 0.2) is 29.2 Å². The number of hydrogen-bond donors (Lipinski definition) is 1. The Hall–Kier alpha value is -0.680. The molecule has 5 heteroatoms. The van der Waals surface area contributed by atoms with Gasteiger partial charge < -0.3 is 5.73 Å². The van der Waals surface area contributed by atoms with Gasteiger partial charge in [-0.3, -0.25) is 0 Å². The first-order chi connectivity index (χ1) is 7.42. The molecule has 0 aliphatic rings. The van der Waals surface area contributed by atoms with Gasteiger partial charge in [0.2, 0.25) is 0 Å². The smallest absolute Gasteiger partial charge is 0.324 e. The maximum Gasteiger partial charge on any atom is 0.389 e. The molecule has 0 saturated heterocycles. The molecule has 1 aromatic carbocycles. The van der Waals surface area contributed by atoms with E-state index in [1.165, 1.54) is 0 Å². The average molecular weight is 249 g/mol. The summed E-state index contributed by atoms with van der Waals surface area (Å²) in [5.74, 6) is 0. The van der Waals surface area contributed by atoms with E-state index < -0.39 is 18.6 Å². The molecule has 2 N–H and O–H groups in total. The van der Waals surface area contributed by atoms with Crippen molar-refractivity contribution in [2.24, 2.45) is 5.73 Å². The highest BCUT2D eigenvalue weighted by molar-refractivity contribution is 7.98. The van der Waals surface area contributed by atoms with Gasteiger partial charge in [0, 0.05) is 17.4 Å². The predicted molar refractivity (Wildman–Crippen MR) is 60.4 cm³/mol. The first kappa shape index (κ1) is 13.4. The van der Waals surface area contributed by atoms with Crippen LogP contribution in [0.2, 0.25) is 0 Å². The molecule has 0 bridgehead atoms. The minimum absolute atomic E-state index is 0.0673. The van der Waals surface area contributed by atoms with Gasteiger partial charge in [-0.15, -0.1) is 11.8 Å². The van der Waals surface area contributed by atoms with Crippen LogP contribution in [-0.4, -0.2) is 12.4 Å². The van der Waals surface area contributed by atoms with Gasteiger partial charge in [-0.05, 0) is 30.4 Å². The molecule has 0 unspecified atom stereocenters. The number of thioether (sulfide) groups is 1. The minimum Gasteiger partial charge on any atom is -0.324 e. The Bertz CT molecular complexity index is 321. The number of benzene rings is 1. The van der Waals surface area contributed by atoms with Crippen LogP contribution >= 0.6 is 11.8 Å². The third-order valence-corrected chi connectivity index (χ3v) is 3.03. The number of halogens is 3. The quantitative estimate of drug-likeness (QED) is 0.822. The first-order valence-electron chi connectivity index (χ1n) is 4.88. The van der Waals surface area contributed by atoms with Gasteiger partial charge in [-0.1, -0.05) is 12.1 Å². The van der Waals surface area contributed by atoms with Crippen LogP contribution in [0.5, 0.6) is 0 Å². The summed E-state index contributed by atoms with van der Waals surface area (Å²) in [6.07, 6.45) is -3.09. The van der Waals surface area contributed by atoms with Crippen molar-refractivity contribution in [1.82, 2.24) is 0 Å². The Morgan fingerprint density at radius 1 is 1.25 bits per heavy atom. The first-order valence-corrected chi connectivity index (χ1v) is 6.11. The van der Waals surface area contributed by atoms with Crippen molar-refractivity contribution in [3.05, 3.63) is 29.8 Å². The molecule has 0 saturated carbocycles. The van der Waals surface area contributed by atoms with Crippen LogP contribution in [0, 0.1) is 0 Å². The summed E-state index contributed by atoms with van der Waals surface area (Å²) in [6.45, 7) is 0. The number of rotatable bonds is 4. The van der Waals surface area contributed by atoms with Crippen LogP contribution in [0.4, 0.5) is 13.2 Å². The van der Waals surface area contributed by atoms with Crippen molar-refractivity contribution in [3.63, 3.8) is 0 Å². The Kier molecular flexibility index (Phi) is 4.68. The maximum absolute atomic E-state index is 12.0. The highest BCUT2D eigenvalue weighted by Crippen LogP contribution is 2.27. The zero-order chi connectivity index (χ0) is 12.2. The molecule has 90 valence electrons. The third-order valence-electron chi connectivity index (χ3n) is 2.28. The van der Waals surface area contributed by atoms with Gasteiger partial charge in [0.15, 0.2) is 0 Å². The topological polar surface area (TPSA) is 26.0 Å².